The van der Waals surface area contributed by atoms with Crippen molar-refractivity contribution in [3.63, 3.8) is 0 Å². The fourth-order valence-electron chi connectivity index (χ4n) is 7.70. The van der Waals surface area contributed by atoms with Crippen molar-refractivity contribution >= 4 is 27.8 Å². The molecule has 1 unspecified atom stereocenters. The number of fused-ring (bicyclic) bond motifs is 2. The molecule has 3 fully saturated rings. The van der Waals surface area contributed by atoms with Crippen LogP contribution in [0.15, 0.2) is 71.8 Å². The number of hydrogen-bond acceptors (Lipinski definition) is 8. The molecular weight excluding hydrogens is 602 g/mol. The number of pyridine rings is 1. The fraction of sp³-hybridized carbons (Fsp3) is 0.447. The zero-order valence-corrected chi connectivity index (χ0v) is 27.9. The number of aromatic nitrogens is 4. The first-order valence-corrected chi connectivity index (χ1v) is 17.4. The third-order valence-corrected chi connectivity index (χ3v) is 10.8. The summed E-state index contributed by atoms with van der Waals surface area (Å²) in [4.78, 5) is 31.4. The summed E-state index contributed by atoms with van der Waals surface area (Å²) in [6, 6.07) is 18.7. The van der Waals surface area contributed by atoms with Gasteiger partial charge in [0, 0.05) is 73.5 Å². The van der Waals surface area contributed by atoms with Gasteiger partial charge in [-0.1, -0.05) is 36.4 Å². The summed E-state index contributed by atoms with van der Waals surface area (Å²) in [5, 5.41) is 13.0. The minimum absolute atomic E-state index is 0.0489. The number of nitrogens with one attached hydrogen (secondary N) is 1. The van der Waals surface area contributed by atoms with E-state index in [1.54, 1.807) is 17.8 Å². The highest BCUT2D eigenvalue weighted by Crippen LogP contribution is 2.43. The van der Waals surface area contributed by atoms with Gasteiger partial charge < -0.3 is 34.9 Å². The first-order chi connectivity index (χ1) is 23.2. The van der Waals surface area contributed by atoms with Gasteiger partial charge >= 0.3 is 0 Å². The second-order valence-corrected chi connectivity index (χ2v) is 14.4. The number of aromatic amines is 1. The molecule has 1 saturated carbocycles. The maximum absolute atomic E-state index is 12.9. The Morgan fingerprint density at radius 2 is 1.75 bits per heavy atom. The number of aliphatic hydroxyl groups excluding tert-OH is 1. The third kappa shape index (κ3) is 5.60. The monoisotopic (exact) mass is 647 g/mol. The summed E-state index contributed by atoms with van der Waals surface area (Å²) in [5.41, 5.74) is 9.88. The van der Waals surface area contributed by atoms with Crippen molar-refractivity contribution in [3.05, 3.63) is 88.6 Å². The lowest BCUT2D eigenvalue weighted by Crippen LogP contribution is -2.53. The molecule has 10 heteroatoms. The molecule has 0 radical (unpaired) electrons. The molecule has 4 N–H and O–H groups in total. The van der Waals surface area contributed by atoms with Crippen molar-refractivity contribution < 1.29 is 9.84 Å². The minimum Gasteiger partial charge on any atom is -0.393 e. The third-order valence-electron chi connectivity index (χ3n) is 10.8. The first-order valence-electron chi connectivity index (χ1n) is 17.4. The molecule has 3 aliphatic rings. The quantitative estimate of drug-likeness (QED) is 0.222. The second-order valence-electron chi connectivity index (χ2n) is 14.4. The number of hydrogen-bond donors (Lipinski definition) is 3. The molecule has 48 heavy (non-hydrogen) atoms. The molecule has 2 aliphatic heterocycles. The Balaban J connectivity index is 1.23. The van der Waals surface area contributed by atoms with Crippen LogP contribution in [0.4, 0.5) is 5.95 Å². The fourth-order valence-corrected chi connectivity index (χ4v) is 7.70. The SMILES string of the molecule is Cn1cc(-c2ccc3nc(N4CCC(N5CCC(C)(N)CC5)CC4)nc(C(CO)(OC4CC4)c4ccccc4)c3c2)c2cc[nH]c2c1=O. The summed E-state index contributed by atoms with van der Waals surface area (Å²) in [7, 11) is 1.77. The molecule has 8 rings (SSSR count). The van der Waals surface area contributed by atoms with Crippen LogP contribution in [0.1, 0.15) is 56.7 Å². The van der Waals surface area contributed by atoms with Gasteiger partial charge in [-0.3, -0.25) is 4.79 Å². The topological polar surface area (TPSA) is 126 Å². The molecule has 0 amide bonds. The summed E-state index contributed by atoms with van der Waals surface area (Å²) in [6.45, 7) is 5.72. The van der Waals surface area contributed by atoms with Crippen molar-refractivity contribution in [2.24, 2.45) is 12.8 Å². The predicted octanol–water partition coefficient (Wildman–Crippen LogP) is 4.67. The number of piperidine rings is 2. The lowest BCUT2D eigenvalue weighted by molar-refractivity contribution is -0.0672. The molecule has 3 aromatic heterocycles. The van der Waals surface area contributed by atoms with E-state index in [1.807, 2.05) is 48.7 Å². The number of anilines is 1. The average molecular weight is 648 g/mol. The van der Waals surface area contributed by atoms with Gasteiger partial charge in [0.2, 0.25) is 5.95 Å². The van der Waals surface area contributed by atoms with Gasteiger partial charge in [0.15, 0.2) is 5.60 Å². The number of likely N-dealkylation sites (tertiary alicyclic amines) is 1. The minimum atomic E-state index is -1.18. The summed E-state index contributed by atoms with van der Waals surface area (Å²) >= 11 is 0. The second kappa shape index (κ2) is 12.1. The Hall–Kier alpha value is -4.09. The van der Waals surface area contributed by atoms with Crippen LogP contribution in [0.5, 0.6) is 0 Å². The van der Waals surface area contributed by atoms with Crippen LogP contribution < -0.4 is 16.2 Å². The van der Waals surface area contributed by atoms with Crippen molar-refractivity contribution in [3.8, 4) is 11.1 Å². The van der Waals surface area contributed by atoms with E-state index in [0.717, 1.165) is 97.7 Å². The van der Waals surface area contributed by atoms with Crippen molar-refractivity contribution in [2.75, 3.05) is 37.7 Å². The Morgan fingerprint density at radius 1 is 1.00 bits per heavy atom. The molecular formula is C38H45N7O3. The van der Waals surface area contributed by atoms with E-state index in [-0.39, 0.29) is 23.8 Å². The zero-order chi connectivity index (χ0) is 33.0. The summed E-state index contributed by atoms with van der Waals surface area (Å²) in [6.07, 6.45) is 9.78. The van der Waals surface area contributed by atoms with E-state index >= 15 is 0 Å². The van der Waals surface area contributed by atoms with Gasteiger partial charge in [0.1, 0.15) is 5.52 Å². The van der Waals surface area contributed by atoms with E-state index in [2.05, 4.69) is 33.8 Å². The Kier molecular flexibility index (Phi) is 7.87. The molecule has 5 heterocycles. The molecule has 0 bridgehead atoms. The van der Waals surface area contributed by atoms with Gasteiger partial charge in [-0.15, -0.1) is 0 Å². The Bertz CT molecular complexity index is 2000. The number of aliphatic hydroxyl groups is 1. The highest BCUT2D eigenvalue weighted by Gasteiger charge is 2.44. The molecule has 0 spiro atoms. The number of benzene rings is 2. The maximum Gasteiger partial charge on any atom is 0.274 e. The average Bonchev–Trinajstić information content (AvgIpc) is 3.79. The lowest BCUT2D eigenvalue weighted by Gasteiger charge is -2.44. The molecule has 2 aromatic carbocycles. The summed E-state index contributed by atoms with van der Waals surface area (Å²) in [5.74, 6) is 0.667. The molecule has 5 aromatic rings. The van der Waals surface area contributed by atoms with Gasteiger partial charge in [-0.05, 0) is 74.8 Å². The number of nitrogens with two attached hydrogens (primary N) is 1. The number of aryl methyl sites for hydroxylation is 1. The molecule has 1 atom stereocenters. The highest BCUT2D eigenvalue weighted by atomic mass is 16.5. The first kappa shape index (κ1) is 31.2. The Labute approximate surface area is 280 Å². The largest absolute Gasteiger partial charge is 0.393 e. The van der Waals surface area contributed by atoms with Gasteiger partial charge in [0.05, 0.1) is 23.9 Å². The van der Waals surface area contributed by atoms with Crippen LogP contribution in [0, 0.1) is 0 Å². The van der Waals surface area contributed by atoms with Crippen molar-refractivity contribution in [1.29, 1.82) is 0 Å². The van der Waals surface area contributed by atoms with E-state index < -0.39 is 5.60 Å². The van der Waals surface area contributed by atoms with Gasteiger partial charge in [0.25, 0.3) is 5.56 Å². The predicted molar refractivity (Wildman–Crippen MR) is 189 cm³/mol. The van der Waals surface area contributed by atoms with Crippen LogP contribution >= 0.6 is 0 Å². The van der Waals surface area contributed by atoms with Crippen LogP contribution in [0.2, 0.25) is 0 Å². The van der Waals surface area contributed by atoms with Crippen LogP contribution in [0.25, 0.3) is 32.9 Å². The lowest BCUT2D eigenvalue weighted by atomic mass is 9.87. The van der Waals surface area contributed by atoms with Gasteiger partial charge in [-0.2, -0.15) is 0 Å². The van der Waals surface area contributed by atoms with Crippen molar-refractivity contribution in [1.82, 2.24) is 24.4 Å². The normalized spacial score (nSPS) is 20.4. The van der Waals surface area contributed by atoms with Crippen LogP contribution in [-0.4, -0.2) is 80.0 Å². The molecule has 10 nitrogen and oxygen atoms in total. The zero-order valence-electron chi connectivity index (χ0n) is 27.9. The maximum atomic E-state index is 12.9. The Morgan fingerprint density at radius 3 is 2.46 bits per heavy atom. The van der Waals surface area contributed by atoms with Gasteiger partial charge in [-0.25, -0.2) is 9.97 Å². The molecule has 2 saturated heterocycles. The molecule has 1 aliphatic carbocycles. The standard InChI is InChI=1S/C38H45N7O3/c1-37(39)15-20-44(21-16-37)27-13-18-45(19-14-27)36-41-32-11-8-25(31-23-43(2)35(47)33-29(31)12-17-40-33)22-30(32)34(42-36)38(24-46,48-28-9-10-28)26-6-4-3-5-7-26/h3-8,11-12,17,22-23,27-28,40,46H,9-10,13-16,18-21,24,39H2,1-2H3. The van der Waals surface area contributed by atoms with E-state index in [0.29, 0.717) is 23.2 Å². The summed E-state index contributed by atoms with van der Waals surface area (Å²) < 4.78 is 8.46. The molecule has 250 valence electrons. The van der Waals surface area contributed by atoms with Crippen LogP contribution in [0.3, 0.4) is 0 Å². The number of H-pyrrole nitrogens is 1. The van der Waals surface area contributed by atoms with E-state index in [4.69, 9.17) is 20.4 Å². The van der Waals surface area contributed by atoms with Crippen molar-refractivity contribution in [2.45, 2.75) is 68.7 Å². The van der Waals surface area contributed by atoms with E-state index in [1.165, 1.54) is 0 Å². The number of ether oxygens (including phenoxy) is 1. The van der Waals surface area contributed by atoms with E-state index in [9.17, 15) is 9.90 Å². The smallest absolute Gasteiger partial charge is 0.274 e. The number of nitrogens with zero attached hydrogens (tertiary/aromatic N) is 5. The highest BCUT2D eigenvalue weighted by molar-refractivity contribution is 5.97. The van der Waals surface area contributed by atoms with Crippen LogP contribution in [-0.2, 0) is 17.4 Å². The number of rotatable bonds is 8.